The van der Waals surface area contributed by atoms with Gasteiger partial charge < -0.3 is 20.1 Å². The fourth-order valence-corrected chi connectivity index (χ4v) is 2.83. The van der Waals surface area contributed by atoms with E-state index in [0.717, 1.165) is 43.4 Å². The lowest BCUT2D eigenvalue weighted by atomic mass is 10.1. The number of aliphatic imine (C=N–C) groups is 1. The number of nitrogens with one attached hydrogen (secondary N) is 2. The molecule has 136 valence electrons. The van der Waals surface area contributed by atoms with Crippen molar-refractivity contribution in [2.45, 2.75) is 25.7 Å². The zero-order valence-electron chi connectivity index (χ0n) is 15.4. The summed E-state index contributed by atoms with van der Waals surface area (Å²) < 4.78 is 10.6. The maximum absolute atomic E-state index is 5.34. The lowest BCUT2D eigenvalue weighted by Gasteiger charge is -2.12. The van der Waals surface area contributed by atoms with Crippen LogP contribution in [0.2, 0.25) is 0 Å². The molecule has 0 bridgehead atoms. The summed E-state index contributed by atoms with van der Waals surface area (Å²) in [5.41, 5.74) is 1.24. The Morgan fingerprint density at radius 1 is 1.04 bits per heavy atom. The van der Waals surface area contributed by atoms with E-state index < -0.39 is 0 Å². The molecular formula is C18H31N3O2S. The van der Waals surface area contributed by atoms with E-state index in [1.54, 1.807) is 14.2 Å². The summed E-state index contributed by atoms with van der Waals surface area (Å²) in [5, 5.41) is 6.71. The molecule has 0 aromatic heterocycles. The van der Waals surface area contributed by atoms with Crippen molar-refractivity contribution in [1.29, 1.82) is 0 Å². The van der Waals surface area contributed by atoms with Gasteiger partial charge in [-0.15, -0.1) is 0 Å². The van der Waals surface area contributed by atoms with Crippen LogP contribution in [0.4, 0.5) is 0 Å². The fourth-order valence-electron chi connectivity index (χ4n) is 2.33. The number of guanidine groups is 1. The average molecular weight is 354 g/mol. The molecule has 5 nitrogen and oxygen atoms in total. The number of hydrogen-bond donors (Lipinski definition) is 2. The molecule has 0 spiro atoms. The number of hydrogen-bond acceptors (Lipinski definition) is 4. The van der Waals surface area contributed by atoms with E-state index in [4.69, 9.17) is 9.47 Å². The molecule has 0 amide bonds. The minimum atomic E-state index is 0.769. The maximum atomic E-state index is 5.34. The minimum Gasteiger partial charge on any atom is -0.493 e. The molecule has 2 N–H and O–H groups in total. The van der Waals surface area contributed by atoms with Gasteiger partial charge in [-0.25, -0.2) is 0 Å². The summed E-state index contributed by atoms with van der Waals surface area (Å²) in [4.78, 5) is 4.25. The van der Waals surface area contributed by atoms with Gasteiger partial charge in [-0.2, -0.15) is 11.8 Å². The van der Waals surface area contributed by atoms with Crippen LogP contribution in [0, 0.1) is 0 Å². The van der Waals surface area contributed by atoms with Gasteiger partial charge in [0.2, 0.25) is 0 Å². The van der Waals surface area contributed by atoms with E-state index in [1.165, 1.54) is 24.2 Å². The highest BCUT2D eigenvalue weighted by Gasteiger charge is 2.04. The monoisotopic (exact) mass is 353 g/mol. The molecule has 1 rings (SSSR count). The third-order valence-electron chi connectivity index (χ3n) is 3.67. The third kappa shape index (κ3) is 7.81. The van der Waals surface area contributed by atoms with E-state index in [9.17, 15) is 0 Å². The molecule has 0 saturated carbocycles. The Kier molecular flexibility index (Phi) is 10.9. The first-order chi connectivity index (χ1) is 11.7. The number of unbranched alkanes of at least 4 members (excludes halogenated alkanes) is 1. The van der Waals surface area contributed by atoms with Crippen LogP contribution >= 0.6 is 11.8 Å². The minimum absolute atomic E-state index is 0.769. The number of benzene rings is 1. The van der Waals surface area contributed by atoms with E-state index >= 15 is 0 Å². The Hall–Kier alpha value is -1.56. The Labute approximate surface area is 150 Å². The van der Waals surface area contributed by atoms with Crippen LogP contribution in [0.1, 0.15) is 24.8 Å². The van der Waals surface area contributed by atoms with E-state index in [2.05, 4.69) is 27.9 Å². The number of nitrogens with zero attached hydrogens (tertiary/aromatic N) is 1. The van der Waals surface area contributed by atoms with Crippen molar-refractivity contribution in [2.75, 3.05) is 46.4 Å². The zero-order valence-corrected chi connectivity index (χ0v) is 16.2. The van der Waals surface area contributed by atoms with Crippen LogP contribution in [-0.4, -0.2) is 52.3 Å². The van der Waals surface area contributed by atoms with Gasteiger partial charge >= 0.3 is 0 Å². The highest BCUT2D eigenvalue weighted by Crippen LogP contribution is 2.27. The first-order valence-corrected chi connectivity index (χ1v) is 9.79. The van der Waals surface area contributed by atoms with Gasteiger partial charge in [-0.1, -0.05) is 6.07 Å². The van der Waals surface area contributed by atoms with Crippen LogP contribution in [0.25, 0.3) is 0 Å². The van der Waals surface area contributed by atoms with Crippen molar-refractivity contribution in [3.05, 3.63) is 23.8 Å². The Bertz CT molecular complexity index is 495. The number of ether oxygens (including phenoxy) is 2. The van der Waals surface area contributed by atoms with E-state index in [0.29, 0.717) is 0 Å². The van der Waals surface area contributed by atoms with Gasteiger partial charge in [0.1, 0.15) is 0 Å². The summed E-state index contributed by atoms with van der Waals surface area (Å²) in [7, 11) is 5.13. The lowest BCUT2D eigenvalue weighted by molar-refractivity contribution is 0.354. The molecule has 0 aliphatic rings. The molecule has 0 heterocycles. The van der Waals surface area contributed by atoms with Gasteiger partial charge in [-0.3, -0.25) is 4.99 Å². The molecule has 24 heavy (non-hydrogen) atoms. The largest absolute Gasteiger partial charge is 0.493 e. The second-order valence-electron chi connectivity index (χ2n) is 5.42. The summed E-state index contributed by atoms with van der Waals surface area (Å²) in [5.74, 6) is 3.65. The van der Waals surface area contributed by atoms with E-state index in [-0.39, 0.29) is 0 Å². The smallest absolute Gasteiger partial charge is 0.190 e. The first-order valence-electron chi connectivity index (χ1n) is 8.39. The molecule has 0 radical (unpaired) electrons. The standard InChI is InChI=1S/C18H31N3O2S/c1-19-18(20-11-5-6-13-24-4)21-12-7-8-15-9-10-16(22-2)17(14-15)23-3/h9-10,14H,5-8,11-13H2,1-4H3,(H2,19,20,21). The topological polar surface area (TPSA) is 54.9 Å². The fraction of sp³-hybridized carbons (Fsp3) is 0.611. The van der Waals surface area contributed by atoms with Gasteiger partial charge in [0, 0.05) is 20.1 Å². The van der Waals surface area contributed by atoms with Crippen molar-refractivity contribution in [2.24, 2.45) is 4.99 Å². The number of methoxy groups -OCH3 is 2. The van der Waals surface area contributed by atoms with Crippen molar-refractivity contribution < 1.29 is 9.47 Å². The molecule has 0 fully saturated rings. The summed E-state index contributed by atoms with van der Waals surface area (Å²) in [6, 6.07) is 6.08. The molecule has 0 atom stereocenters. The molecular weight excluding hydrogens is 322 g/mol. The van der Waals surface area contributed by atoms with Gasteiger partial charge in [-0.05, 0) is 55.4 Å². The van der Waals surface area contributed by atoms with Gasteiger partial charge in [0.25, 0.3) is 0 Å². The molecule has 0 aliphatic carbocycles. The lowest BCUT2D eigenvalue weighted by Crippen LogP contribution is -2.38. The highest BCUT2D eigenvalue weighted by atomic mass is 32.2. The van der Waals surface area contributed by atoms with Crippen molar-refractivity contribution >= 4 is 17.7 Å². The summed E-state index contributed by atoms with van der Waals surface area (Å²) in [6.07, 6.45) is 6.57. The van der Waals surface area contributed by atoms with Crippen LogP contribution in [0.5, 0.6) is 11.5 Å². The van der Waals surface area contributed by atoms with Crippen LogP contribution < -0.4 is 20.1 Å². The Morgan fingerprint density at radius 2 is 1.75 bits per heavy atom. The summed E-state index contributed by atoms with van der Waals surface area (Å²) in [6.45, 7) is 1.86. The second kappa shape index (κ2) is 12.8. The van der Waals surface area contributed by atoms with Crippen LogP contribution in [0.3, 0.4) is 0 Å². The molecule has 0 aliphatic heterocycles. The molecule has 1 aromatic rings. The van der Waals surface area contributed by atoms with Crippen molar-refractivity contribution in [1.82, 2.24) is 10.6 Å². The Balaban J connectivity index is 2.26. The van der Waals surface area contributed by atoms with Crippen molar-refractivity contribution in [3.8, 4) is 11.5 Å². The zero-order chi connectivity index (χ0) is 17.6. The molecule has 1 aromatic carbocycles. The third-order valence-corrected chi connectivity index (χ3v) is 4.37. The number of rotatable bonds is 11. The Morgan fingerprint density at radius 3 is 2.38 bits per heavy atom. The van der Waals surface area contributed by atoms with Crippen molar-refractivity contribution in [3.63, 3.8) is 0 Å². The van der Waals surface area contributed by atoms with Gasteiger partial charge in [0.05, 0.1) is 14.2 Å². The van der Waals surface area contributed by atoms with Crippen LogP contribution in [0.15, 0.2) is 23.2 Å². The predicted octanol–water partition coefficient (Wildman–Crippen LogP) is 2.94. The normalized spacial score (nSPS) is 11.2. The summed E-state index contributed by atoms with van der Waals surface area (Å²) >= 11 is 1.90. The second-order valence-corrected chi connectivity index (χ2v) is 6.40. The first kappa shape index (κ1) is 20.5. The van der Waals surface area contributed by atoms with E-state index in [1.807, 2.05) is 30.9 Å². The quantitative estimate of drug-likeness (QED) is 0.364. The molecule has 6 heteroatoms. The van der Waals surface area contributed by atoms with Gasteiger partial charge in [0.15, 0.2) is 17.5 Å². The molecule has 0 unspecified atom stereocenters. The SMILES string of the molecule is CN=C(NCCCCSC)NCCCc1ccc(OC)c(OC)c1. The number of aryl methyl sites for hydroxylation is 1. The highest BCUT2D eigenvalue weighted by molar-refractivity contribution is 7.98. The average Bonchev–Trinajstić information content (AvgIpc) is 2.62. The van der Waals surface area contributed by atoms with Crippen LogP contribution in [-0.2, 0) is 6.42 Å². The number of thioether (sulfide) groups is 1. The predicted molar refractivity (Wildman–Crippen MR) is 105 cm³/mol. The molecule has 0 saturated heterocycles. The maximum Gasteiger partial charge on any atom is 0.190 e.